The van der Waals surface area contributed by atoms with Crippen LogP contribution in [0, 0.1) is 0 Å². The van der Waals surface area contributed by atoms with Crippen LogP contribution >= 0.6 is 30.9 Å². The zero-order valence-corrected chi connectivity index (χ0v) is 78.7. The minimum atomic E-state index is 1.05. The fourth-order valence-electron chi connectivity index (χ4n) is 19.9. The predicted octanol–water partition coefficient (Wildman–Crippen LogP) is 38.6. The normalized spacial score (nSPS) is 11.5. The molecule has 0 saturated carbocycles. The van der Waals surface area contributed by atoms with Crippen molar-refractivity contribution >= 4 is 199 Å². The van der Waals surface area contributed by atoms with E-state index in [0.29, 0.717) is 0 Å². The minimum Gasteiger partial charge on any atom is -0.350 e. The number of anilines is 9. The third kappa shape index (κ3) is 16.4. The molecule has 0 aliphatic carbocycles. The second-order valence-electron chi connectivity index (χ2n) is 35.4. The lowest BCUT2D eigenvalue weighted by Gasteiger charge is -2.26. The van der Waals surface area contributed by atoms with Gasteiger partial charge in [0.15, 0.2) is 0 Å². The van der Waals surface area contributed by atoms with Crippen molar-refractivity contribution in [3.05, 3.63) is 522 Å². The molecule has 1 N–H and O–H groups in total. The highest BCUT2D eigenvalue weighted by Gasteiger charge is 2.23. The molecule has 0 unspecified atom stereocenters. The van der Waals surface area contributed by atoms with Crippen LogP contribution in [0.1, 0.15) is 0 Å². The molecular formula is C131H87N6PS2. The molecule has 27 aromatic rings. The van der Waals surface area contributed by atoms with E-state index in [-0.39, 0.29) is 0 Å². The van der Waals surface area contributed by atoms with Crippen LogP contribution in [0.3, 0.4) is 0 Å². The molecule has 3 heterocycles. The Labute approximate surface area is 821 Å². The van der Waals surface area contributed by atoms with Crippen molar-refractivity contribution in [2.24, 2.45) is 0 Å². The Morgan fingerprint density at radius 3 is 0.857 bits per heavy atom. The van der Waals surface area contributed by atoms with Crippen molar-refractivity contribution < 1.29 is 0 Å². The molecule has 24 aromatic carbocycles. The number of thiazole rings is 2. The summed E-state index contributed by atoms with van der Waals surface area (Å²) in [4.78, 5) is 21.0. The third-order valence-electron chi connectivity index (χ3n) is 26.9. The maximum Gasteiger partial charge on any atom is 0.124 e. The van der Waals surface area contributed by atoms with E-state index < -0.39 is 0 Å². The molecule has 0 bridgehead atoms. The number of rotatable bonds is 16. The Morgan fingerprint density at radius 1 is 0.186 bits per heavy atom. The highest BCUT2D eigenvalue weighted by atomic mass is 32.1. The van der Waals surface area contributed by atoms with Gasteiger partial charge in [0.25, 0.3) is 0 Å². The SMILES string of the molecule is c1ccc(-c2[nH]c3ccc4ccc5cc(-c6ccc(N(c7ccccc7)c7ccc8ccccc8c7)cc6)ccc5c4c3p2)cc1.c1ccc(-c2ccc(N(c3ccc(-c4ccccc4)cc3)c3ccc4c(ccc5ccc6sc(-c7ccccc7)nc6c54)c3)cc2)cc1.c1ccc(-c2nc3c(ccc4ccc5cc(-c6ccc(N(c7ccccc7)c7ccc8ccccc8c7)cc6)ccc5c43)s2)cc1. The number of aromatic nitrogens is 3. The Kier molecular flexibility index (Phi) is 22.2. The van der Waals surface area contributed by atoms with Gasteiger partial charge in [0.05, 0.1) is 31.4 Å². The highest BCUT2D eigenvalue weighted by molar-refractivity contribution is 7.41. The molecule has 0 radical (unpaired) electrons. The van der Waals surface area contributed by atoms with Gasteiger partial charge in [0.2, 0.25) is 0 Å². The van der Waals surface area contributed by atoms with Gasteiger partial charge in [-0.15, -0.1) is 22.7 Å². The van der Waals surface area contributed by atoms with Crippen LogP contribution in [0.25, 0.3) is 194 Å². The topological polar surface area (TPSA) is 51.3 Å². The zero-order valence-electron chi connectivity index (χ0n) is 76.2. The molecule has 0 aliphatic heterocycles. The van der Waals surface area contributed by atoms with Crippen molar-refractivity contribution in [1.29, 1.82) is 0 Å². The molecule has 0 fully saturated rings. The van der Waals surface area contributed by atoms with Crippen molar-refractivity contribution in [3.63, 3.8) is 0 Å². The average Bonchev–Trinajstić information content (AvgIpc) is 1.46. The maximum atomic E-state index is 5.19. The van der Waals surface area contributed by atoms with Crippen LogP contribution < -0.4 is 14.7 Å². The molecule has 140 heavy (non-hydrogen) atoms. The van der Waals surface area contributed by atoms with E-state index in [2.05, 4.69) is 541 Å². The molecule has 0 amide bonds. The molecule has 0 aliphatic rings. The van der Waals surface area contributed by atoms with Gasteiger partial charge in [-0.3, -0.25) is 0 Å². The van der Waals surface area contributed by atoms with Crippen LogP contribution in [0.4, 0.5) is 51.2 Å². The highest BCUT2D eigenvalue weighted by Crippen LogP contribution is 2.48. The summed E-state index contributed by atoms with van der Waals surface area (Å²) in [7, 11) is 1.22. The average molecular weight is 1840 g/mol. The summed E-state index contributed by atoms with van der Waals surface area (Å²) in [5, 5.41) is 23.3. The number of hydrogen-bond acceptors (Lipinski definition) is 7. The Bertz CT molecular complexity index is 8830. The number of aromatic amines is 1. The molecular weight excluding hydrogens is 1750 g/mol. The number of nitrogens with zero attached hydrogens (tertiary/aromatic N) is 5. The van der Waals surface area contributed by atoms with Gasteiger partial charge < -0.3 is 19.7 Å². The quantitative estimate of drug-likeness (QED) is 0.0977. The lowest BCUT2D eigenvalue weighted by Crippen LogP contribution is -2.09. The smallest absolute Gasteiger partial charge is 0.124 e. The number of para-hydroxylation sites is 2. The number of hydrogen-bond donors (Lipinski definition) is 1. The van der Waals surface area contributed by atoms with Crippen LogP contribution in [-0.4, -0.2) is 15.0 Å². The molecule has 27 rings (SSSR count). The molecule has 0 atom stereocenters. The monoisotopic (exact) mass is 1840 g/mol. The van der Waals surface area contributed by atoms with Crippen LogP contribution in [-0.2, 0) is 0 Å². The first-order valence-electron chi connectivity index (χ1n) is 47.4. The van der Waals surface area contributed by atoms with E-state index in [9.17, 15) is 0 Å². The lowest BCUT2D eigenvalue weighted by atomic mass is 9.96. The summed E-state index contributed by atoms with van der Waals surface area (Å²) >= 11 is 3.52. The van der Waals surface area contributed by atoms with Gasteiger partial charge in [-0.25, -0.2) is 9.97 Å². The second-order valence-corrected chi connectivity index (χ2v) is 38.6. The second kappa shape index (κ2) is 37.0. The number of H-pyrrole nitrogens is 1. The van der Waals surface area contributed by atoms with E-state index >= 15 is 0 Å². The van der Waals surface area contributed by atoms with E-state index in [0.717, 1.165) is 83.4 Å². The van der Waals surface area contributed by atoms with Gasteiger partial charge in [-0.2, -0.15) is 0 Å². The van der Waals surface area contributed by atoms with Crippen molar-refractivity contribution in [3.8, 4) is 76.6 Å². The molecule has 3 aromatic heterocycles. The first-order chi connectivity index (χ1) is 69.3. The van der Waals surface area contributed by atoms with Gasteiger partial charge in [-0.1, -0.05) is 382 Å². The fourth-order valence-corrected chi connectivity index (χ4v) is 23.2. The molecule has 658 valence electrons. The first-order valence-corrected chi connectivity index (χ1v) is 49.9. The fraction of sp³-hybridized carbons (Fsp3) is 0. The first kappa shape index (κ1) is 84.3. The largest absolute Gasteiger partial charge is 0.350 e. The maximum absolute atomic E-state index is 5.19. The van der Waals surface area contributed by atoms with E-state index in [1.54, 1.807) is 22.7 Å². The summed E-state index contributed by atoms with van der Waals surface area (Å²) in [5.74, 6) is 0. The standard InChI is InChI=1S/C45H30N2S.C43H29N2P.C43H28N2S/c1-4-10-31(11-5-1)33-18-23-38(24-19-33)47(39-25-20-34(21-26-39)32-12-6-2-7-13-32)40-27-28-41-37(30-40)17-16-35-22-29-42-44(43(35)41)46-45(48-42)36-14-8-3-9-15-36;1-3-10-32(11-4-1)43-44-40-26-21-31-15-16-35-27-34(20-25-39(35)41(31)42(40)46-43)30-17-22-37(23-18-30)45(36-13-5-2-6-14-36)38-24-19-29-9-7-8-12-33(29)28-38;1-3-10-32(11-4-1)43-44-42-40(46-43)26-21-31-15-16-35-27-34(20-25-39(35)41(31)42)30-17-22-37(23-18-30)45(36-13-5-2-6-14-36)38-24-19-29-9-7-8-12-33(29)28-38/h1-30H;1-28,44H;1-28H. The number of benzene rings is 24. The zero-order chi connectivity index (χ0) is 92.8. The van der Waals surface area contributed by atoms with Crippen molar-refractivity contribution in [1.82, 2.24) is 15.0 Å². The molecule has 9 heteroatoms. The summed E-state index contributed by atoms with van der Waals surface area (Å²) in [6.45, 7) is 0. The van der Waals surface area contributed by atoms with Crippen molar-refractivity contribution in [2.75, 3.05) is 14.7 Å². The molecule has 0 spiro atoms. The summed E-state index contributed by atoms with van der Waals surface area (Å²) in [6, 6.07) is 187. The predicted molar refractivity (Wildman–Crippen MR) is 602 cm³/mol. The summed E-state index contributed by atoms with van der Waals surface area (Å²) in [6.07, 6.45) is 0. The van der Waals surface area contributed by atoms with Crippen molar-refractivity contribution in [2.45, 2.75) is 0 Å². The molecule has 0 saturated heterocycles. The van der Waals surface area contributed by atoms with E-state index in [1.165, 1.54) is 170 Å². The van der Waals surface area contributed by atoms with Gasteiger partial charge in [0, 0.05) is 89.2 Å². The third-order valence-corrected chi connectivity index (χ3v) is 30.3. The van der Waals surface area contributed by atoms with E-state index in [1.807, 2.05) is 0 Å². The van der Waals surface area contributed by atoms with E-state index in [4.69, 9.17) is 9.97 Å². The van der Waals surface area contributed by atoms with Gasteiger partial charge >= 0.3 is 0 Å². The Hall–Kier alpha value is -17.5. The number of nitrogens with one attached hydrogen (secondary N) is 1. The lowest BCUT2D eigenvalue weighted by molar-refractivity contribution is 1.29. The van der Waals surface area contributed by atoms with Gasteiger partial charge in [-0.05, 0) is 262 Å². The van der Waals surface area contributed by atoms with Crippen LogP contribution in [0.5, 0.6) is 0 Å². The summed E-state index contributed by atoms with van der Waals surface area (Å²) < 4.78 is 2.42. The Morgan fingerprint density at radius 2 is 0.450 bits per heavy atom. The number of fused-ring (bicyclic) bond motifs is 17. The van der Waals surface area contributed by atoms with Crippen LogP contribution in [0.2, 0.25) is 0 Å². The minimum absolute atomic E-state index is 1.05. The Balaban J connectivity index is 0.000000111. The molecule has 6 nitrogen and oxygen atoms in total. The van der Waals surface area contributed by atoms with Crippen LogP contribution in [0.15, 0.2) is 522 Å². The van der Waals surface area contributed by atoms with Gasteiger partial charge in [0.1, 0.15) is 10.0 Å². The summed E-state index contributed by atoms with van der Waals surface area (Å²) in [5.41, 5.74) is 27.9.